The topological polar surface area (TPSA) is 66.7 Å². The van der Waals surface area contributed by atoms with E-state index in [4.69, 9.17) is 4.52 Å². The number of carbonyl (C=O) groups excluding carboxylic acids is 2. The number of amides is 3. The molecule has 0 unspecified atom stereocenters. The Labute approximate surface area is 117 Å². The van der Waals surface area contributed by atoms with Crippen LogP contribution in [0.1, 0.15) is 37.1 Å². The maximum absolute atomic E-state index is 12.3. The Hall–Kier alpha value is -1.85. The summed E-state index contributed by atoms with van der Waals surface area (Å²) in [6.07, 6.45) is 4.67. The Morgan fingerprint density at radius 2 is 2.10 bits per heavy atom. The van der Waals surface area contributed by atoms with Gasteiger partial charge in [-0.05, 0) is 25.7 Å². The molecule has 20 heavy (non-hydrogen) atoms. The van der Waals surface area contributed by atoms with Crippen LogP contribution in [0.4, 0.5) is 4.79 Å². The lowest BCUT2D eigenvalue weighted by atomic mass is 10.1. The molecule has 0 radical (unpaired) electrons. The Balaban J connectivity index is 1.63. The first kappa shape index (κ1) is 13.1. The molecule has 6 nitrogen and oxygen atoms in total. The Bertz CT molecular complexity index is 519. The highest BCUT2D eigenvalue weighted by molar-refractivity contribution is 6.01. The van der Waals surface area contributed by atoms with E-state index in [0.717, 1.165) is 12.8 Å². The molecule has 6 heteroatoms. The van der Waals surface area contributed by atoms with E-state index in [1.165, 1.54) is 22.6 Å². The van der Waals surface area contributed by atoms with E-state index >= 15 is 0 Å². The maximum atomic E-state index is 12.3. The van der Waals surface area contributed by atoms with Gasteiger partial charge in [0.2, 0.25) is 5.91 Å². The highest BCUT2D eigenvalue weighted by atomic mass is 16.5. The molecule has 0 N–H and O–H groups in total. The third-order valence-electron chi connectivity index (χ3n) is 4.07. The molecule has 0 bridgehead atoms. The Morgan fingerprint density at radius 1 is 1.35 bits per heavy atom. The third-order valence-corrected chi connectivity index (χ3v) is 4.07. The first-order valence-corrected chi connectivity index (χ1v) is 7.15. The molecule has 1 saturated heterocycles. The van der Waals surface area contributed by atoms with Gasteiger partial charge in [-0.25, -0.2) is 4.79 Å². The predicted molar refractivity (Wildman–Crippen MR) is 70.7 cm³/mol. The highest BCUT2D eigenvalue weighted by Crippen LogP contribution is 2.27. The van der Waals surface area contributed by atoms with Crippen LogP contribution in [0.15, 0.2) is 10.6 Å². The lowest BCUT2D eigenvalue weighted by molar-refractivity contribution is -0.125. The summed E-state index contributed by atoms with van der Waals surface area (Å²) in [7, 11) is 0. The Morgan fingerprint density at radius 3 is 2.75 bits per heavy atom. The monoisotopic (exact) mass is 277 g/mol. The van der Waals surface area contributed by atoms with Crippen molar-refractivity contribution in [2.24, 2.45) is 5.92 Å². The molecule has 2 heterocycles. The summed E-state index contributed by atoms with van der Waals surface area (Å²) in [4.78, 5) is 27.2. The molecule has 108 valence electrons. The quantitative estimate of drug-likeness (QED) is 0.789. The number of hydrogen-bond acceptors (Lipinski definition) is 4. The largest absolute Gasteiger partial charge is 0.361 e. The molecule has 1 aromatic rings. The van der Waals surface area contributed by atoms with Crippen LogP contribution in [-0.4, -0.2) is 40.0 Å². The van der Waals surface area contributed by atoms with Crippen molar-refractivity contribution in [1.29, 1.82) is 0 Å². The predicted octanol–water partition coefficient (Wildman–Crippen LogP) is 1.94. The second kappa shape index (κ2) is 5.26. The van der Waals surface area contributed by atoms with Crippen molar-refractivity contribution < 1.29 is 14.1 Å². The highest BCUT2D eigenvalue weighted by Gasteiger charge is 2.37. The standard InChI is InChI=1S/C14H19N3O3/c1-10-6-12(15-20-10)8-16-9-13(18)17(14(16)19)7-11-4-2-3-5-11/h6,11H,2-5,7-9H2,1H3. The van der Waals surface area contributed by atoms with Gasteiger partial charge in [-0.3, -0.25) is 9.69 Å². The van der Waals surface area contributed by atoms with Crippen molar-refractivity contribution >= 4 is 11.9 Å². The molecule has 1 aromatic heterocycles. The summed E-state index contributed by atoms with van der Waals surface area (Å²) in [6.45, 7) is 2.87. The van der Waals surface area contributed by atoms with Gasteiger partial charge < -0.3 is 9.42 Å². The fourth-order valence-electron chi connectivity index (χ4n) is 3.04. The van der Waals surface area contributed by atoms with Gasteiger partial charge in [-0.1, -0.05) is 18.0 Å². The molecule has 3 rings (SSSR count). The van der Waals surface area contributed by atoms with Crippen LogP contribution in [0.2, 0.25) is 0 Å². The van der Waals surface area contributed by atoms with E-state index in [1.54, 1.807) is 13.0 Å². The number of urea groups is 1. The molecule has 2 aliphatic rings. The van der Waals surface area contributed by atoms with Gasteiger partial charge in [0, 0.05) is 12.6 Å². The second-order valence-corrected chi connectivity index (χ2v) is 5.72. The van der Waals surface area contributed by atoms with E-state index in [9.17, 15) is 9.59 Å². The van der Waals surface area contributed by atoms with E-state index < -0.39 is 0 Å². The summed E-state index contributed by atoms with van der Waals surface area (Å²) < 4.78 is 4.98. The maximum Gasteiger partial charge on any atom is 0.327 e. The number of carbonyl (C=O) groups is 2. The zero-order chi connectivity index (χ0) is 14.1. The zero-order valence-corrected chi connectivity index (χ0v) is 11.7. The minimum absolute atomic E-state index is 0.0953. The van der Waals surface area contributed by atoms with Crippen LogP contribution in [0, 0.1) is 12.8 Å². The molecule has 0 aromatic carbocycles. The molecule has 0 atom stereocenters. The lowest BCUT2D eigenvalue weighted by Crippen LogP contribution is -2.36. The second-order valence-electron chi connectivity index (χ2n) is 5.72. The van der Waals surface area contributed by atoms with Crippen molar-refractivity contribution in [3.8, 4) is 0 Å². The van der Waals surface area contributed by atoms with Gasteiger partial charge in [0.1, 0.15) is 18.0 Å². The molecule has 0 spiro atoms. The van der Waals surface area contributed by atoms with Crippen molar-refractivity contribution in [1.82, 2.24) is 15.0 Å². The number of rotatable bonds is 4. The van der Waals surface area contributed by atoms with E-state index in [-0.39, 0.29) is 18.5 Å². The number of nitrogens with zero attached hydrogens (tertiary/aromatic N) is 3. The van der Waals surface area contributed by atoms with Crippen LogP contribution in [0.5, 0.6) is 0 Å². The number of aromatic nitrogens is 1. The molecular weight excluding hydrogens is 258 g/mol. The fourth-order valence-corrected chi connectivity index (χ4v) is 3.04. The summed E-state index contributed by atoms with van der Waals surface area (Å²) in [5.41, 5.74) is 0.686. The van der Waals surface area contributed by atoms with Gasteiger partial charge in [0.25, 0.3) is 0 Å². The first-order valence-electron chi connectivity index (χ1n) is 7.15. The van der Waals surface area contributed by atoms with Crippen molar-refractivity contribution in [3.63, 3.8) is 0 Å². The molecule has 1 aliphatic heterocycles. The smallest absolute Gasteiger partial charge is 0.327 e. The van der Waals surface area contributed by atoms with Gasteiger partial charge >= 0.3 is 6.03 Å². The summed E-state index contributed by atoms with van der Waals surface area (Å²) in [5, 5.41) is 3.87. The normalized spacial score (nSPS) is 20.4. The molecule has 3 amide bonds. The summed E-state index contributed by atoms with van der Waals surface area (Å²) in [5.74, 6) is 1.10. The van der Waals surface area contributed by atoms with Gasteiger partial charge in [0.15, 0.2) is 0 Å². The average Bonchev–Trinajstić information content (AvgIpc) is 3.10. The van der Waals surface area contributed by atoms with E-state index in [0.29, 0.717) is 30.5 Å². The van der Waals surface area contributed by atoms with Crippen molar-refractivity contribution in [3.05, 3.63) is 17.5 Å². The molecule has 1 saturated carbocycles. The van der Waals surface area contributed by atoms with Gasteiger partial charge in [0.05, 0.1) is 6.54 Å². The van der Waals surface area contributed by atoms with Crippen LogP contribution >= 0.6 is 0 Å². The lowest BCUT2D eigenvalue weighted by Gasteiger charge is -2.19. The van der Waals surface area contributed by atoms with Crippen molar-refractivity contribution in [2.45, 2.75) is 39.2 Å². The van der Waals surface area contributed by atoms with Crippen molar-refractivity contribution in [2.75, 3.05) is 13.1 Å². The van der Waals surface area contributed by atoms with E-state index in [1.807, 2.05) is 0 Å². The van der Waals surface area contributed by atoms with Crippen LogP contribution in [0.25, 0.3) is 0 Å². The minimum Gasteiger partial charge on any atom is -0.361 e. The van der Waals surface area contributed by atoms with Gasteiger partial charge in [-0.15, -0.1) is 0 Å². The van der Waals surface area contributed by atoms with Gasteiger partial charge in [-0.2, -0.15) is 0 Å². The molecule has 2 fully saturated rings. The summed E-state index contributed by atoms with van der Waals surface area (Å²) >= 11 is 0. The number of hydrogen-bond donors (Lipinski definition) is 0. The number of imide groups is 1. The Kier molecular flexibility index (Phi) is 3.46. The SMILES string of the molecule is Cc1cc(CN2CC(=O)N(CC3CCCC3)C2=O)no1. The minimum atomic E-state index is -0.192. The summed E-state index contributed by atoms with van der Waals surface area (Å²) in [6, 6.07) is 1.60. The fraction of sp³-hybridized carbons (Fsp3) is 0.643. The first-order chi connectivity index (χ1) is 9.63. The molecular formula is C14H19N3O3. The van der Waals surface area contributed by atoms with Crippen LogP contribution in [0.3, 0.4) is 0 Å². The zero-order valence-electron chi connectivity index (χ0n) is 11.7. The van der Waals surface area contributed by atoms with E-state index in [2.05, 4.69) is 5.16 Å². The average molecular weight is 277 g/mol. The third kappa shape index (κ3) is 2.55. The molecule has 1 aliphatic carbocycles. The van der Waals surface area contributed by atoms with Crippen LogP contribution in [-0.2, 0) is 11.3 Å². The number of aryl methyl sites for hydroxylation is 1. The van der Waals surface area contributed by atoms with Crippen LogP contribution < -0.4 is 0 Å².